The van der Waals surface area contributed by atoms with E-state index in [2.05, 4.69) is 24.2 Å². The molecular formula is C21H51NO6Si3. The minimum atomic E-state index is -2.40. The van der Waals surface area contributed by atoms with E-state index in [1.54, 1.807) is 42.7 Å². The monoisotopic (exact) mass is 497 g/mol. The molecule has 0 unspecified atom stereocenters. The molecule has 0 aromatic heterocycles. The summed E-state index contributed by atoms with van der Waals surface area (Å²) < 4.78 is 35.8. The molecule has 0 saturated carbocycles. The number of unbranched alkanes of at least 4 members (excludes halogenated alkanes) is 6. The van der Waals surface area contributed by atoms with Crippen LogP contribution in [0.25, 0.3) is 0 Å². The summed E-state index contributed by atoms with van der Waals surface area (Å²) in [5.41, 5.74) is 0. The van der Waals surface area contributed by atoms with Gasteiger partial charge in [0.1, 0.15) is 8.24 Å². The third-order valence-electron chi connectivity index (χ3n) is 6.14. The predicted molar refractivity (Wildman–Crippen MR) is 135 cm³/mol. The van der Waals surface area contributed by atoms with Gasteiger partial charge in [-0.2, -0.15) is 0 Å². The summed E-state index contributed by atoms with van der Waals surface area (Å²) in [6.07, 6.45) is 9.63. The van der Waals surface area contributed by atoms with Crippen LogP contribution in [0.5, 0.6) is 0 Å². The lowest BCUT2D eigenvalue weighted by molar-refractivity contribution is 0.122. The number of rotatable bonds is 21. The Balaban J connectivity index is 4.13. The Morgan fingerprint density at radius 2 is 0.742 bits per heavy atom. The summed E-state index contributed by atoms with van der Waals surface area (Å²) in [6.45, 7) is 9.80. The minimum absolute atomic E-state index is 0.896. The smallest absolute Gasteiger partial charge is 0.377 e. The van der Waals surface area contributed by atoms with Crippen LogP contribution in [0.4, 0.5) is 0 Å². The fraction of sp³-hybridized carbons (Fsp3) is 1.00. The first-order valence-electron chi connectivity index (χ1n) is 11.7. The molecule has 0 atom stereocenters. The zero-order valence-corrected chi connectivity index (χ0v) is 24.9. The van der Waals surface area contributed by atoms with Crippen molar-refractivity contribution < 1.29 is 26.6 Å². The van der Waals surface area contributed by atoms with Crippen LogP contribution in [0.1, 0.15) is 51.4 Å². The van der Waals surface area contributed by atoms with Crippen molar-refractivity contribution in [1.29, 1.82) is 0 Å². The maximum absolute atomic E-state index is 5.51. The Bertz CT molecular complexity index is 383. The molecule has 0 aliphatic carbocycles. The molecule has 0 bridgehead atoms. The van der Waals surface area contributed by atoms with E-state index >= 15 is 0 Å². The van der Waals surface area contributed by atoms with Gasteiger partial charge in [-0.15, -0.1) is 0 Å². The fourth-order valence-electron chi connectivity index (χ4n) is 3.89. The summed E-state index contributed by atoms with van der Waals surface area (Å²) in [5, 5.41) is 0. The number of nitrogens with zero attached hydrogens (tertiary/aromatic N) is 1. The van der Waals surface area contributed by atoms with Crippen molar-refractivity contribution in [1.82, 2.24) is 4.57 Å². The van der Waals surface area contributed by atoms with Crippen LogP contribution in [0.2, 0.25) is 31.7 Å². The van der Waals surface area contributed by atoms with Gasteiger partial charge in [0.15, 0.2) is 0 Å². The van der Waals surface area contributed by atoms with Gasteiger partial charge in [-0.05, 0) is 38.8 Å². The highest BCUT2D eigenvalue weighted by atomic mass is 28.4. The highest BCUT2D eigenvalue weighted by Crippen LogP contribution is 2.20. The highest BCUT2D eigenvalue weighted by molar-refractivity contribution is 6.73. The zero-order valence-electron chi connectivity index (χ0n) is 21.9. The lowest BCUT2D eigenvalue weighted by Gasteiger charge is -2.34. The van der Waals surface area contributed by atoms with E-state index in [1.165, 1.54) is 51.6 Å². The minimum Gasteiger partial charge on any atom is -0.377 e. The fourth-order valence-corrected chi connectivity index (χ4v) is 9.14. The quantitative estimate of drug-likeness (QED) is 0.163. The summed E-state index contributed by atoms with van der Waals surface area (Å²) in [6, 6.07) is 1.79. The lowest BCUT2D eigenvalue weighted by Crippen LogP contribution is -2.47. The lowest BCUT2D eigenvalue weighted by atomic mass is 10.2. The number of hydrogen-bond acceptors (Lipinski definition) is 7. The van der Waals surface area contributed by atoms with Crippen molar-refractivity contribution in [2.45, 2.75) is 83.1 Å². The van der Waals surface area contributed by atoms with E-state index in [1.807, 2.05) is 0 Å². The van der Waals surface area contributed by atoms with Crippen molar-refractivity contribution in [3.63, 3.8) is 0 Å². The maximum Gasteiger partial charge on any atom is 0.500 e. The largest absolute Gasteiger partial charge is 0.500 e. The Kier molecular flexibility index (Phi) is 17.1. The Hall–Kier alpha value is 0.371. The molecule has 0 rings (SSSR count). The second kappa shape index (κ2) is 16.9. The molecule has 0 N–H and O–H groups in total. The summed E-state index contributed by atoms with van der Waals surface area (Å²) in [4.78, 5) is 0. The van der Waals surface area contributed by atoms with Crippen LogP contribution in [-0.4, -0.2) is 86.2 Å². The van der Waals surface area contributed by atoms with E-state index in [0.29, 0.717) is 0 Å². The molecule has 31 heavy (non-hydrogen) atoms. The highest BCUT2D eigenvalue weighted by Gasteiger charge is 2.37. The van der Waals surface area contributed by atoms with Crippen molar-refractivity contribution in [2.24, 2.45) is 0 Å². The first-order valence-corrected chi connectivity index (χ1v) is 19.0. The molecule has 0 aliphatic heterocycles. The van der Waals surface area contributed by atoms with E-state index < -0.39 is 25.8 Å². The molecular weight excluding hydrogens is 446 g/mol. The molecule has 0 heterocycles. The van der Waals surface area contributed by atoms with Gasteiger partial charge in [-0.3, -0.25) is 0 Å². The third kappa shape index (κ3) is 12.4. The van der Waals surface area contributed by atoms with Crippen LogP contribution >= 0.6 is 0 Å². The maximum atomic E-state index is 5.51. The van der Waals surface area contributed by atoms with Crippen molar-refractivity contribution >= 4 is 25.8 Å². The van der Waals surface area contributed by atoms with Crippen LogP contribution in [0.15, 0.2) is 0 Å². The van der Waals surface area contributed by atoms with Crippen molar-refractivity contribution in [3.05, 3.63) is 0 Å². The van der Waals surface area contributed by atoms with Gasteiger partial charge < -0.3 is 31.1 Å². The van der Waals surface area contributed by atoms with E-state index in [0.717, 1.165) is 24.9 Å². The molecule has 0 saturated heterocycles. The molecule has 7 nitrogen and oxygen atoms in total. The van der Waals surface area contributed by atoms with Crippen LogP contribution < -0.4 is 0 Å². The van der Waals surface area contributed by atoms with Crippen molar-refractivity contribution in [2.75, 3.05) is 55.7 Å². The van der Waals surface area contributed by atoms with E-state index in [9.17, 15) is 0 Å². The Morgan fingerprint density at radius 3 is 1.00 bits per heavy atom. The van der Waals surface area contributed by atoms with Gasteiger partial charge in [0.2, 0.25) is 0 Å². The van der Waals surface area contributed by atoms with Gasteiger partial charge in [-0.1, -0.05) is 45.3 Å². The number of hydrogen-bond donors (Lipinski definition) is 0. The average molecular weight is 498 g/mol. The van der Waals surface area contributed by atoms with Gasteiger partial charge in [0, 0.05) is 54.7 Å². The standard InChI is InChI=1S/C21H51NO6Si3/c1-23-30(24-2,25-3)20-16-12-10-14-18-22(29(7,8)9)19-15-11-13-17-21-31(26-4,27-5)28-6/h10-21H2,1-9H3. The molecule has 0 fully saturated rings. The Morgan fingerprint density at radius 1 is 0.452 bits per heavy atom. The van der Waals surface area contributed by atoms with Crippen LogP contribution in [0.3, 0.4) is 0 Å². The molecule has 0 radical (unpaired) electrons. The SMILES string of the molecule is CO[Si](CCCCCCN(CCCCCC[Si](OC)(OC)OC)[Si](C)(C)C)(OC)OC. The van der Waals surface area contributed by atoms with Crippen LogP contribution in [0, 0.1) is 0 Å². The van der Waals surface area contributed by atoms with Gasteiger partial charge >= 0.3 is 17.6 Å². The topological polar surface area (TPSA) is 58.6 Å². The van der Waals surface area contributed by atoms with Crippen molar-refractivity contribution in [3.8, 4) is 0 Å². The van der Waals surface area contributed by atoms with Gasteiger partial charge in [0.25, 0.3) is 0 Å². The summed E-state index contributed by atoms with van der Waals surface area (Å²) >= 11 is 0. The molecule has 0 aromatic rings. The zero-order chi connectivity index (χ0) is 23.8. The second-order valence-corrected chi connectivity index (χ2v) is 20.2. The van der Waals surface area contributed by atoms with Gasteiger partial charge in [0.05, 0.1) is 0 Å². The van der Waals surface area contributed by atoms with E-state index in [4.69, 9.17) is 26.6 Å². The first kappa shape index (κ1) is 31.4. The molecule has 0 aliphatic rings. The average Bonchev–Trinajstić information content (AvgIpc) is 2.77. The molecule has 188 valence electrons. The molecule has 0 amide bonds. The van der Waals surface area contributed by atoms with Crippen LogP contribution in [-0.2, 0) is 26.6 Å². The van der Waals surface area contributed by atoms with E-state index in [-0.39, 0.29) is 0 Å². The third-order valence-corrected chi connectivity index (χ3v) is 14.1. The molecule has 10 heteroatoms. The normalized spacial score (nSPS) is 13.4. The van der Waals surface area contributed by atoms with Gasteiger partial charge in [-0.25, -0.2) is 0 Å². The molecule has 0 spiro atoms. The first-order chi connectivity index (χ1) is 14.7. The second-order valence-electron chi connectivity index (χ2n) is 9.08. The predicted octanol–water partition coefficient (Wildman–Crippen LogP) is 5.00. The summed E-state index contributed by atoms with van der Waals surface area (Å²) in [5.74, 6) is 0. The summed E-state index contributed by atoms with van der Waals surface area (Å²) in [7, 11) is 4.05. The molecule has 0 aromatic carbocycles. The Labute approximate surface area is 195 Å².